The number of carboxylic acid groups (broad SMARTS) is 1. The molecule has 2 aliphatic heterocycles. The van der Waals surface area contributed by atoms with E-state index in [2.05, 4.69) is 6.58 Å². The van der Waals surface area contributed by atoms with Gasteiger partial charge < -0.3 is 19.5 Å². The van der Waals surface area contributed by atoms with Gasteiger partial charge in [0.2, 0.25) is 0 Å². The SMILES string of the molecule is C=CCC1(CC(=O)OC(C)(C)C)CC2(CCN(C(=O)O)CC2)OC1=O. The molecule has 1 atom stereocenters. The number of ether oxygens (including phenoxy) is 2. The third kappa shape index (κ3) is 4.32. The van der Waals surface area contributed by atoms with Gasteiger partial charge in [0.15, 0.2) is 0 Å². The number of likely N-dealkylation sites (tertiary alicyclic amines) is 1. The number of nitrogens with zero attached hydrogens (tertiary/aromatic N) is 1. The maximum absolute atomic E-state index is 12.7. The second-order valence-corrected chi connectivity index (χ2v) is 8.06. The Kier molecular flexibility index (Phi) is 5.16. The van der Waals surface area contributed by atoms with Crippen LogP contribution in [0.4, 0.5) is 4.79 Å². The van der Waals surface area contributed by atoms with Crippen LogP contribution < -0.4 is 0 Å². The number of amides is 1. The summed E-state index contributed by atoms with van der Waals surface area (Å²) in [6.07, 6.45) is 2.20. The van der Waals surface area contributed by atoms with Gasteiger partial charge in [-0.1, -0.05) is 6.08 Å². The molecule has 25 heavy (non-hydrogen) atoms. The average Bonchev–Trinajstić information content (AvgIpc) is 2.69. The van der Waals surface area contributed by atoms with Gasteiger partial charge in [-0.3, -0.25) is 9.59 Å². The van der Waals surface area contributed by atoms with Crippen LogP contribution in [0.25, 0.3) is 0 Å². The molecule has 1 amide bonds. The van der Waals surface area contributed by atoms with Gasteiger partial charge in [-0.2, -0.15) is 0 Å². The molecule has 7 nitrogen and oxygen atoms in total. The fraction of sp³-hybridized carbons (Fsp3) is 0.722. The second-order valence-electron chi connectivity index (χ2n) is 8.06. The van der Waals surface area contributed by atoms with E-state index in [0.29, 0.717) is 38.8 Å². The van der Waals surface area contributed by atoms with E-state index in [9.17, 15) is 14.4 Å². The topological polar surface area (TPSA) is 93.1 Å². The van der Waals surface area contributed by atoms with Crippen molar-refractivity contribution in [2.45, 2.75) is 64.1 Å². The normalized spacial score (nSPS) is 25.6. The van der Waals surface area contributed by atoms with E-state index in [0.717, 1.165) is 0 Å². The molecule has 0 aromatic heterocycles. The Labute approximate surface area is 148 Å². The molecule has 2 saturated heterocycles. The third-order valence-corrected chi connectivity index (χ3v) is 4.79. The Morgan fingerprint density at radius 3 is 2.44 bits per heavy atom. The number of piperidine rings is 1. The van der Waals surface area contributed by atoms with E-state index in [1.165, 1.54) is 4.90 Å². The van der Waals surface area contributed by atoms with Gasteiger partial charge >= 0.3 is 18.0 Å². The highest BCUT2D eigenvalue weighted by Gasteiger charge is 2.58. The minimum Gasteiger partial charge on any atom is -0.465 e. The first kappa shape index (κ1) is 19.3. The summed E-state index contributed by atoms with van der Waals surface area (Å²) >= 11 is 0. The minimum atomic E-state index is -0.977. The van der Waals surface area contributed by atoms with Gasteiger partial charge in [0.25, 0.3) is 0 Å². The Hall–Kier alpha value is -2.05. The molecule has 0 aromatic rings. The molecule has 140 valence electrons. The zero-order valence-corrected chi connectivity index (χ0v) is 15.2. The Bertz CT molecular complexity index is 571. The number of esters is 2. The van der Waals surface area contributed by atoms with E-state index in [4.69, 9.17) is 14.6 Å². The van der Waals surface area contributed by atoms with Crippen molar-refractivity contribution in [3.05, 3.63) is 12.7 Å². The molecule has 7 heteroatoms. The maximum Gasteiger partial charge on any atom is 0.407 e. The van der Waals surface area contributed by atoms with Crippen LogP contribution in [0, 0.1) is 5.41 Å². The van der Waals surface area contributed by atoms with Crippen LogP contribution in [0.15, 0.2) is 12.7 Å². The van der Waals surface area contributed by atoms with Crippen molar-refractivity contribution >= 4 is 18.0 Å². The fourth-order valence-corrected chi connectivity index (χ4v) is 3.71. The standard InChI is InChI=1S/C18H27NO6/c1-5-6-17(11-13(20)24-16(2,3)4)12-18(25-14(17)21)7-9-19(10-8-18)15(22)23/h5H,1,6-12H2,2-4H3,(H,22,23). The fourth-order valence-electron chi connectivity index (χ4n) is 3.71. The summed E-state index contributed by atoms with van der Waals surface area (Å²) in [6, 6.07) is 0. The van der Waals surface area contributed by atoms with E-state index < -0.39 is 34.6 Å². The van der Waals surface area contributed by atoms with Crippen LogP contribution in [-0.2, 0) is 19.1 Å². The van der Waals surface area contributed by atoms with Crippen molar-refractivity contribution in [3.63, 3.8) is 0 Å². The number of allylic oxidation sites excluding steroid dienone is 1. The van der Waals surface area contributed by atoms with Crippen molar-refractivity contribution in [2.24, 2.45) is 5.41 Å². The molecule has 2 fully saturated rings. The lowest BCUT2D eigenvalue weighted by atomic mass is 9.72. The smallest absolute Gasteiger partial charge is 0.407 e. The predicted molar refractivity (Wildman–Crippen MR) is 90.0 cm³/mol. The average molecular weight is 353 g/mol. The molecule has 2 rings (SSSR count). The van der Waals surface area contributed by atoms with Gasteiger partial charge in [-0.05, 0) is 27.2 Å². The molecule has 1 spiro atoms. The van der Waals surface area contributed by atoms with Crippen LogP contribution in [0.5, 0.6) is 0 Å². The molecule has 1 unspecified atom stereocenters. The highest BCUT2D eigenvalue weighted by molar-refractivity contribution is 5.86. The van der Waals surface area contributed by atoms with Crippen molar-refractivity contribution in [2.75, 3.05) is 13.1 Å². The number of carbonyl (C=O) groups excluding carboxylic acids is 2. The van der Waals surface area contributed by atoms with Crippen LogP contribution >= 0.6 is 0 Å². The van der Waals surface area contributed by atoms with Crippen molar-refractivity contribution < 1.29 is 29.0 Å². The van der Waals surface area contributed by atoms with Crippen molar-refractivity contribution in [1.29, 1.82) is 0 Å². The Morgan fingerprint density at radius 2 is 1.96 bits per heavy atom. The van der Waals surface area contributed by atoms with Gasteiger partial charge in [0, 0.05) is 32.4 Å². The predicted octanol–water partition coefficient (Wildman–Crippen LogP) is 2.74. The summed E-state index contributed by atoms with van der Waals surface area (Å²) in [5, 5.41) is 9.08. The van der Waals surface area contributed by atoms with Crippen LogP contribution in [-0.4, -0.2) is 52.3 Å². The Balaban J connectivity index is 2.14. The number of hydrogen-bond acceptors (Lipinski definition) is 5. The highest BCUT2D eigenvalue weighted by atomic mass is 16.6. The minimum absolute atomic E-state index is 0.0560. The zero-order valence-electron chi connectivity index (χ0n) is 15.2. The summed E-state index contributed by atoms with van der Waals surface area (Å²) in [6.45, 7) is 9.68. The summed E-state index contributed by atoms with van der Waals surface area (Å²) in [5.41, 5.74) is -2.30. The quantitative estimate of drug-likeness (QED) is 0.617. The third-order valence-electron chi connectivity index (χ3n) is 4.79. The van der Waals surface area contributed by atoms with Gasteiger partial charge in [0.05, 0.1) is 11.8 Å². The van der Waals surface area contributed by atoms with Crippen molar-refractivity contribution in [3.8, 4) is 0 Å². The van der Waals surface area contributed by atoms with Crippen LogP contribution in [0.3, 0.4) is 0 Å². The summed E-state index contributed by atoms with van der Waals surface area (Å²) in [4.78, 5) is 37.4. The first-order valence-corrected chi connectivity index (χ1v) is 8.55. The molecule has 0 aromatic carbocycles. The molecule has 2 aliphatic rings. The van der Waals surface area contributed by atoms with Crippen LogP contribution in [0.2, 0.25) is 0 Å². The molecular weight excluding hydrogens is 326 g/mol. The Morgan fingerprint density at radius 1 is 1.36 bits per heavy atom. The summed E-state index contributed by atoms with van der Waals surface area (Å²) < 4.78 is 11.1. The van der Waals surface area contributed by atoms with E-state index in [1.54, 1.807) is 26.8 Å². The molecule has 1 N–H and O–H groups in total. The molecule has 2 heterocycles. The molecule has 0 aliphatic carbocycles. The van der Waals surface area contributed by atoms with Gasteiger partial charge in [0.1, 0.15) is 11.2 Å². The zero-order chi connectivity index (χ0) is 18.9. The molecular formula is C18H27NO6. The van der Waals surface area contributed by atoms with E-state index in [1.807, 2.05) is 0 Å². The largest absolute Gasteiger partial charge is 0.465 e. The molecule has 0 bridgehead atoms. The monoisotopic (exact) mass is 353 g/mol. The number of hydrogen-bond donors (Lipinski definition) is 1. The summed E-state index contributed by atoms with van der Waals surface area (Å²) in [5.74, 6) is -0.853. The number of rotatable bonds is 4. The van der Waals surface area contributed by atoms with E-state index >= 15 is 0 Å². The first-order valence-electron chi connectivity index (χ1n) is 8.55. The number of carbonyl (C=O) groups is 3. The maximum atomic E-state index is 12.7. The van der Waals surface area contributed by atoms with Gasteiger partial charge in [-0.15, -0.1) is 6.58 Å². The van der Waals surface area contributed by atoms with Crippen LogP contribution in [0.1, 0.15) is 52.9 Å². The highest BCUT2D eigenvalue weighted by Crippen LogP contribution is 2.50. The van der Waals surface area contributed by atoms with Gasteiger partial charge in [-0.25, -0.2) is 4.79 Å². The van der Waals surface area contributed by atoms with Crippen molar-refractivity contribution in [1.82, 2.24) is 4.90 Å². The lowest BCUT2D eigenvalue weighted by Crippen LogP contribution is -2.46. The first-order chi connectivity index (χ1) is 11.5. The molecule has 0 radical (unpaired) electrons. The summed E-state index contributed by atoms with van der Waals surface area (Å²) in [7, 11) is 0. The van der Waals surface area contributed by atoms with E-state index in [-0.39, 0.29) is 6.42 Å². The second kappa shape index (κ2) is 6.69. The lowest BCUT2D eigenvalue weighted by molar-refractivity contribution is -0.164. The lowest BCUT2D eigenvalue weighted by Gasteiger charge is -2.37. The molecule has 0 saturated carbocycles.